The van der Waals surface area contributed by atoms with Crippen molar-refractivity contribution in [3.8, 4) is 5.75 Å². The summed E-state index contributed by atoms with van der Waals surface area (Å²) in [6, 6.07) is 25.2. The molecule has 4 rings (SSSR count). The molecular weight excluding hydrogens is 502 g/mol. The first-order valence-electron chi connectivity index (χ1n) is 14.0. The summed E-state index contributed by atoms with van der Waals surface area (Å²) in [5.41, 5.74) is 0.906. The van der Waals surface area contributed by atoms with Gasteiger partial charge in [0.25, 0.3) is 5.91 Å². The fraction of sp³-hybridized carbons (Fsp3) is 0.364. The average Bonchev–Trinajstić information content (AvgIpc) is 2.98. The van der Waals surface area contributed by atoms with E-state index in [1.807, 2.05) is 60.7 Å². The minimum Gasteiger partial charge on any atom is -0.497 e. The molecule has 0 heterocycles. The van der Waals surface area contributed by atoms with Crippen LogP contribution in [0.5, 0.6) is 5.75 Å². The molecule has 0 aromatic heterocycles. The maximum absolute atomic E-state index is 14.0. The molecule has 40 heavy (non-hydrogen) atoms. The SMILES string of the molecule is COc1ccc(C[C@](C)(NC(=O)c2ccccc2)C(=O)N[C@@H](Cc2ccccc2)C(=O)NC2CCCCC2)cc1. The number of rotatable bonds is 11. The molecular formula is C33H39N3O4. The highest BCUT2D eigenvalue weighted by Gasteiger charge is 2.38. The third kappa shape index (κ3) is 7.94. The summed E-state index contributed by atoms with van der Waals surface area (Å²) in [4.78, 5) is 40.8. The van der Waals surface area contributed by atoms with E-state index in [1.165, 1.54) is 6.42 Å². The van der Waals surface area contributed by atoms with Gasteiger partial charge in [0.2, 0.25) is 11.8 Å². The zero-order chi connectivity index (χ0) is 28.4. The zero-order valence-electron chi connectivity index (χ0n) is 23.3. The second-order valence-electron chi connectivity index (χ2n) is 10.7. The van der Waals surface area contributed by atoms with Crippen molar-refractivity contribution in [2.24, 2.45) is 0 Å². The fourth-order valence-corrected chi connectivity index (χ4v) is 5.17. The largest absolute Gasteiger partial charge is 0.497 e. The molecule has 0 bridgehead atoms. The number of hydrogen-bond acceptors (Lipinski definition) is 4. The quantitative estimate of drug-likeness (QED) is 0.331. The molecule has 0 spiro atoms. The number of benzene rings is 3. The maximum atomic E-state index is 14.0. The molecule has 0 aliphatic heterocycles. The lowest BCUT2D eigenvalue weighted by atomic mass is 9.90. The smallest absolute Gasteiger partial charge is 0.252 e. The molecule has 7 nitrogen and oxygen atoms in total. The van der Waals surface area contributed by atoms with Gasteiger partial charge in [-0.1, -0.05) is 79.9 Å². The third-order valence-corrected chi connectivity index (χ3v) is 7.50. The van der Waals surface area contributed by atoms with Gasteiger partial charge in [0.1, 0.15) is 17.3 Å². The van der Waals surface area contributed by atoms with Crippen molar-refractivity contribution in [1.82, 2.24) is 16.0 Å². The zero-order valence-corrected chi connectivity index (χ0v) is 23.3. The molecule has 1 aliphatic carbocycles. The molecule has 210 valence electrons. The summed E-state index contributed by atoms with van der Waals surface area (Å²) in [7, 11) is 1.60. The van der Waals surface area contributed by atoms with Crippen molar-refractivity contribution in [1.29, 1.82) is 0 Å². The van der Waals surface area contributed by atoms with E-state index >= 15 is 0 Å². The van der Waals surface area contributed by atoms with Crippen LogP contribution in [0.15, 0.2) is 84.9 Å². The Balaban J connectivity index is 1.58. The van der Waals surface area contributed by atoms with Crippen molar-refractivity contribution in [2.75, 3.05) is 7.11 Å². The van der Waals surface area contributed by atoms with Crippen molar-refractivity contribution < 1.29 is 19.1 Å². The van der Waals surface area contributed by atoms with Crippen LogP contribution in [-0.2, 0) is 22.4 Å². The fourth-order valence-electron chi connectivity index (χ4n) is 5.17. The topological polar surface area (TPSA) is 96.5 Å². The van der Waals surface area contributed by atoms with Crippen molar-refractivity contribution in [3.63, 3.8) is 0 Å². The van der Waals surface area contributed by atoms with Gasteiger partial charge in [0.05, 0.1) is 7.11 Å². The maximum Gasteiger partial charge on any atom is 0.252 e. The second-order valence-corrected chi connectivity index (χ2v) is 10.7. The summed E-state index contributed by atoms with van der Waals surface area (Å²) in [6.45, 7) is 1.70. The summed E-state index contributed by atoms with van der Waals surface area (Å²) in [5, 5.41) is 9.14. The van der Waals surface area contributed by atoms with Crippen LogP contribution in [0.1, 0.15) is 60.5 Å². The number of carbonyl (C=O) groups is 3. The van der Waals surface area contributed by atoms with Crippen LogP contribution in [-0.4, -0.2) is 42.5 Å². The van der Waals surface area contributed by atoms with Gasteiger partial charge in [-0.05, 0) is 55.2 Å². The van der Waals surface area contributed by atoms with Crippen LogP contribution in [0, 0.1) is 0 Å². The highest BCUT2D eigenvalue weighted by atomic mass is 16.5. The summed E-state index contributed by atoms with van der Waals surface area (Å²) in [5.74, 6) is -0.291. The van der Waals surface area contributed by atoms with E-state index < -0.39 is 17.5 Å². The van der Waals surface area contributed by atoms with Crippen molar-refractivity contribution in [2.45, 2.75) is 69.5 Å². The molecule has 7 heteroatoms. The number of amides is 3. The van der Waals surface area contributed by atoms with E-state index in [0.717, 1.165) is 36.8 Å². The predicted molar refractivity (Wildman–Crippen MR) is 156 cm³/mol. The Hall–Kier alpha value is -4.13. The Morgan fingerprint density at radius 1 is 0.850 bits per heavy atom. The molecule has 0 unspecified atom stereocenters. The molecule has 0 radical (unpaired) electrons. The summed E-state index contributed by atoms with van der Waals surface area (Å²) in [6.07, 6.45) is 5.82. The molecule has 1 saturated carbocycles. The van der Waals surface area contributed by atoms with E-state index in [4.69, 9.17) is 4.74 Å². The Morgan fingerprint density at radius 2 is 1.48 bits per heavy atom. The lowest BCUT2D eigenvalue weighted by Gasteiger charge is -2.32. The van der Waals surface area contributed by atoms with Gasteiger partial charge in [-0.15, -0.1) is 0 Å². The first-order valence-corrected chi connectivity index (χ1v) is 14.0. The summed E-state index contributed by atoms with van der Waals surface area (Å²) >= 11 is 0. The monoisotopic (exact) mass is 541 g/mol. The summed E-state index contributed by atoms with van der Waals surface area (Å²) < 4.78 is 5.27. The van der Waals surface area contributed by atoms with Gasteiger partial charge in [-0.2, -0.15) is 0 Å². The second kappa shape index (κ2) is 13.8. The van der Waals surface area contributed by atoms with E-state index in [9.17, 15) is 14.4 Å². The van der Waals surface area contributed by atoms with Gasteiger partial charge in [0.15, 0.2) is 0 Å². The highest BCUT2D eigenvalue weighted by Crippen LogP contribution is 2.20. The minimum absolute atomic E-state index is 0.111. The van der Waals surface area contributed by atoms with Crippen molar-refractivity contribution >= 4 is 17.7 Å². The standard InChI is InChI=1S/C33H39N3O4/c1-33(23-25-18-20-28(40-2)21-19-25,36-30(37)26-14-8-4-9-15-26)32(39)35-29(22-24-12-6-3-7-13-24)31(38)34-27-16-10-5-11-17-27/h3-4,6-9,12-15,18-21,27,29H,5,10-11,16-17,22-23H2,1-2H3,(H,34,38)(H,35,39)(H,36,37)/t29-,33-/m0/s1. The highest BCUT2D eigenvalue weighted by molar-refractivity contribution is 6.00. The van der Waals surface area contributed by atoms with Crippen LogP contribution in [0.3, 0.4) is 0 Å². The molecule has 1 aliphatic rings. The Bertz CT molecular complexity index is 1260. The van der Waals surface area contributed by atoms with Gasteiger partial charge in [-0.25, -0.2) is 0 Å². The average molecular weight is 542 g/mol. The lowest BCUT2D eigenvalue weighted by Crippen LogP contribution is -2.62. The molecule has 3 N–H and O–H groups in total. The number of ether oxygens (including phenoxy) is 1. The van der Waals surface area contributed by atoms with Crippen LogP contribution in [0.2, 0.25) is 0 Å². The number of carbonyl (C=O) groups excluding carboxylic acids is 3. The van der Waals surface area contributed by atoms with Crippen molar-refractivity contribution in [3.05, 3.63) is 102 Å². The van der Waals surface area contributed by atoms with Gasteiger partial charge >= 0.3 is 0 Å². The number of hydrogen-bond donors (Lipinski definition) is 3. The molecule has 2 atom stereocenters. The first-order chi connectivity index (χ1) is 19.4. The molecule has 1 fully saturated rings. The van der Waals surface area contributed by atoms with E-state index in [0.29, 0.717) is 17.7 Å². The molecule has 3 aromatic carbocycles. The van der Waals surface area contributed by atoms with E-state index in [-0.39, 0.29) is 24.3 Å². The van der Waals surface area contributed by atoms with Gasteiger partial charge in [-0.3, -0.25) is 14.4 Å². The molecule has 0 saturated heterocycles. The normalized spacial score (nSPS) is 15.8. The third-order valence-electron chi connectivity index (χ3n) is 7.50. The van der Waals surface area contributed by atoms with Crippen LogP contribution >= 0.6 is 0 Å². The molecule has 3 amide bonds. The molecule has 3 aromatic rings. The van der Waals surface area contributed by atoms with E-state index in [1.54, 1.807) is 38.3 Å². The van der Waals surface area contributed by atoms with Crippen LogP contribution in [0.25, 0.3) is 0 Å². The first kappa shape index (κ1) is 28.9. The minimum atomic E-state index is -1.33. The number of nitrogens with one attached hydrogen (secondary N) is 3. The van der Waals surface area contributed by atoms with Gasteiger partial charge in [0, 0.05) is 24.4 Å². The van der Waals surface area contributed by atoms with E-state index in [2.05, 4.69) is 16.0 Å². The Kier molecular flexibility index (Phi) is 9.95. The Morgan fingerprint density at radius 3 is 2.10 bits per heavy atom. The number of methoxy groups -OCH3 is 1. The lowest BCUT2D eigenvalue weighted by molar-refractivity contribution is -0.132. The predicted octanol–water partition coefficient (Wildman–Crippen LogP) is 4.60. The van der Waals surface area contributed by atoms with Gasteiger partial charge < -0.3 is 20.7 Å². The van der Waals surface area contributed by atoms with Crippen LogP contribution < -0.4 is 20.7 Å². The van der Waals surface area contributed by atoms with Crippen LogP contribution in [0.4, 0.5) is 0 Å². The Labute approximate surface area is 236 Å².